The molecule has 0 unspecified atom stereocenters. The van der Waals surface area contributed by atoms with Gasteiger partial charge < -0.3 is 9.32 Å². The minimum atomic E-state index is -0.319. The first-order chi connectivity index (χ1) is 11.8. The Hall–Kier alpha value is -1.85. The van der Waals surface area contributed by atoms with Crippen LogP contribution in [0.1, 0.15) is 26.5 Å². The molecule has 0 radical (unpaired) electrons. The number of piperazine rings is 1. The smallest absolute Gasteiger partial charge is 0.228 e. The van der Waals surface area contributed by atoms with E-state index < -0.39 is 0 Å². The summed E-state index contributed by atoms with van der Waals surface area (Å²) in [6, 6.07) is 7.48. The predicted octanol–water partition coefficient (Wildman–Crippen LogP) is 3.69. The molecule has 0 N–H and O–H groups in total. The minimum Gasteiger partial charge on any atom is -0.444 e. The van der Waals surface area contributed by atoms with Crippen molar-refractivity contribution in [1.29, 1.82) is 0 Å². The lowest BCUT2D eigenvalue weighted by Gasteiger charge is -2.37. The highest BCUT2D eigenvalue weighted by Crippen LogP contribution is 2.23. The minimum absolute atomic E-state index is 0.219. The molecule has 0 atom stereocenters. The summed E-state index contributed by atoms with van der Waals surface area (Å²) in [5, 5.41) is 0.664. The van der Waals surface area contributed by atoms with Crippen LogP contribution in [0.3, 0.4) is 0 Å². The molecular formula is C19H24ClN3O2. The summed E-state index contributed by atoms with van der Waals surface area (Å²) in [6.07, 6.45) is 1.70. The van der Waals surface area contributed by atoms with Gasteiger partial charge >= 0.3 is 0 Å². The standard InChI is InChI=1S/C19H24ClN3O2/c1-19(2,3)18(24)23-9-7-22(8-10-23)12-16-13-25-17(21-16)14-5-4-6-15(20)11-14/h4-6,11,13H,7-10,12H2,1-3H3. The number of aromatic nitrogens is 1. The average Bonchev–Trinajstić information content (AvgIpc) is 3.03. The fraction of sp³-hybridized carbons (Fsp3) is 0.474. The van der Waals surface area contributed by atoms with Gasteiger partial charge in [0.05, 0.1) is 5.69 Å². The van der Waals surface area contributed by atoms with Crippen LogP contribution >= 0.6 is 11.6 Å². The number of amides is 1. The summed E-state index contributed by atoms with van der Waals surface area (Å²) in [4.78, 5) is 21.2. The van der Waals surface area contributed by atoms with Crippen LogP contribution in [0.5, 0.6) is 0 Å². The Morgan fingerprint density at radius 3 is 2.60 bits per heavy atom. The number of carbonyl (C=O) groups is 1. The Bertz CT molecular complexity index is 743. The van der Waals surface area contributed by atoms with Gasteiger partial charge in [-0.2, -0.15) is 0 Å². The third-order valence-electron chi connectivity index (χ3n) is 4.31. The molecule has 2 heterocycles. The molecule has 6 heteroatoms. The van der Waals surface area contributed by atoms with Crippen molar-refractivity contribution in [3.63, 3.8) is 0 Å². The summed E-state index contributed by atoms with van der Waals surface area (Å²) in [6.45, 7) is 9.84. The zero-order chi connectivity index (χ0) is 18.0. The Morgan fingerprint density at radius 2 is 1.96 bits per heavy atom. The van der Waals surface area contributed by atoms with Crippen LogP contribution in [0.2, 0.25) is 5.02 Å². The van der Waals surface area contributed by atoms with Gasteiger partial charge in [-0.05, 0) is 18.2 Å². The van der Waals surface area contributed by atoms with E-state index in [2.05, 4.69) is 9.88 Å². The van der Waals surface area contributed by atoms with Crippen molar-refractivity contribution in [3.8, 4) is 11.5 Å². The first-order valence-electron chi connectivity index (χ1n) is 8.55. The van der Waals surface area contributed by atoms with Crippen LogP contribution in [0.25, 0.3) is 11.5 Å². The third kappa shape index (κ3) is 4.41. The van der Waals surface area contributed by atoms with E-state index in [1.807, 2.05) is 49.9 Å². The van der Waals surface area contributed by atoms with Crippen molar-refractivity contribution in [1.82, 2.24) is 14.8 Å². The van der Waals surface area contributed by atoms with Crippen molar-refractivity contribution in [2.45, 2.75) is 27.3 Å². The maximum absolute atomic E-state index is 12.3. The van der Waals surface area contributed by atoms with E-state index in [1.165, 1.54) is 0 Å². The lowest BCUT2D eigenvalue weighted by Crippen LogP contribution is -2.51. The van der Waals surface area contributed by atoms with E-state index in [0.29, 0.717) is 10.9 Å². The van der Waals surface area contributed by atoms with Crippen molar-refractivity contribution in [2.75, 3.05) is 26.2 Å². The molecule has 1 aromatic heterocycles. The number of hydrogen-bond acceptors (Lipinski definition) is 4. The second-order valence-corrected chi connectivity index (χ2v) is 7.91. The second-order valence-electron chi connectivity index (χ2n) is 7.47. The molecule has 1 aromatic carbocycles. The molecule has 0 aliphatic carbocycles. The Labute approximate surface area is 153 Å². The SMILES string of the molecule is CC(C)(C)C(=O)N1CCN(Cc2coc(-c3cccc(Cl)c3)n2)CC1. The molecule has 3 rings (SSSR count). The van der Waals surface area contributed by atoms with E-state index >= 15 is 0 Å². The molecule has 1 aliphatic heterocycles. The summed E-state index contributed by atoms with van der Waals surface area (Å²) in [7, 11) is 0. The van der Waals surface area contributed by atoms with Crippen molar-refractivity contribution in [2.24, 2.45) is 5.41 Å². The van der Waals surface area contributed by atoms with Crippen molar-refractivity contribution < 1.29 is 9.21 Å². The lowest BCUT2D eigenvalue weighted by molar-refractivity contribution is -0.141. The first-order valence-corrected chi connectivity index (χ1v) is 8.93. The highest BCUT2D eigenvalue weighted by molar-refractivity contribution is 6.30. The van der Waals surface area contributed by atoms with Crippen LogP contribution in [-0.2, 0) is 11.3 Å². The number of rotatable bonds is 3. The maximum atomic E-state index is 12.3. The molecule has 5 nitrogen and oxygen atoms in total. The monoisotopic (exact) mass is 361 g/mol. The normalized spacial score (nSPS) is 16.2. The largest absolute Gasteiger partial charge is 0.444 e. The van der Waals surface area contributed by atoms with E-state index in [1.54, 1.807) is 6.26 Å². The molecular weight excluding hydrogens is 338 g/mol. The van der Waals surface area contributed by atoms with E-state index in [-0.39, 0.29) is 11.3 Å². The first kappa shape index (κ1) is 18.0. The van der Waals surface area contributed by atoms with Crippen LogP contribution in [0.15, 0.2) is 34.9 Å². The van der Waals surface area contributed by atoms with Gasteiger partial charge in [-0.25, -0.2) is 4.98 Å². The second kappa shape index (κ2) is 7.18. The highest BCUT2D eigenvalue weighted by Gasteiger charge is 2.29. The number of benzene rings is 1. The fourth-order valence-electron chi connectivity index (χ4n) is 2.95. The van der Waals surface area contributed by atoms with E-state index in [0.717, 1.165) is 44.0 Å². The van der Waals surface area contributed by atoms with Gasteiger partial charge in [0.15, 0.2) is 0 Å². The Morgan fingerprint density at radius 1 is 1.24 bits per heavy atom. The zero-order valence-electron chi connectivity index (χ0n) is 15.0. The van der Waals surface area contributed by atoms with Gasteiger partial charge in [-0.1, -0.05) is 38.4 Å². The van der Waals surface area contributed by atoms with Gasteiger partial charge in [0.25, 0.3) is 0 Å². The van der Waals surface area contributed by atoms with Crippen molar-refractivity contribution in [3.05, 3.63) is 41.2 Å². The molecule has 134 valence electrons. The van der Waals surface area contributed by atoms with Gasteiger partial charge in [0.1, 0.15) is 6.26 Å². The quantitative estimate of drug-likeness (QED) is 0.836. The van der Waals surface area contributed by atoms with Gasteiger partial charge in [0.2, 0.25) is 11.8 Å². The zero-order valence-corrected chi connectivity index (χ0v) is 15.7. The molecule has 1 saturated heterocycles. The average molecular weight is 362 g/mol. The van der Waals surface area contributed by atoms with Gasteiger partial charge in [-0.15, -0.1) is 0 Å². The molecule has 1 amide bonds. The van der Waals surface area contributed by atoms with E-state index in [4.69, 9.17) is 16.0 Å². The number of carbonyl (C=O) groups excluding carboxylic acids is 1. The van der Waals surface area contributed by atoms with Gasteiger partial charge in [0, 0.05) is 48.7 Å². The van der Waals surface area contributed by atoms with Crippen LogP contribution < -0.4 is 0 Å². The number of oxazole rings is 1. The summed E-state index contributed by atoms with van der Waals surface area (Å²) < 4.78 is 5.59. The molecule has 2 aromatic rings. The fourth-order valence-corrected chi connectivity index (χ4v) is 3.14. The third-order valence-corrected chi connectivity index (χ3v) is 4.55. The molecule has 0 bridgehead atoms. The molecule has 0 spiro atoms. The maximum Gasteiger partial charge on any atom is 0.228 e. The van der Waals surface area contributed by atoms with Crippen LogP contribution in [0, 0.1) is 5.41 Å². The van der Waals surface area contributed by atoms with Crippen LogP contribution in [-0.4, -0.2) is 46.9 Å². The lowest BCUT2D eigenvalue weighted by atomic mass is 9.94. The topological polar surface area (TPSA) is 49.6 Å². The van der Waals surface area contributed by atoms with Gasteiger partial charge in [-0.3, -0.25) is 9.69 Å². The Kier molecular flexibility index (Phi) is 5.16. The van der Waals surface area contributed by atoms with Crippen LogP contribution in [0.4, 0.5) is 0 Å². The number of nitrogens with zero attached hydrogens (tertiary/aromatic N) is 3. The van der Waals surface area contributed by atoms with E-state index in [9.17, 15) is 4.79 Å². The Balaban J connectivity index is 1.57. The predicted molar refractivity (Wildman–Crippen MR) is 98.3 cm³/mol. The number of halogens is 1. The summed E-state index contributed by atoms with van der Waals surface area (Å²) >= 11 is 6.02. The highest BCUT2D eigenvalue weighted by atomic mass is 35.5. The number of hydrogen-bond donors (Lipinski definition) is 0. The molecule has 25 heavy (non-hydrogen) atoms. The molecule has 1 aliphatic rings. The summed E-state index contributed by atoms with van der Waals surface area (Å²) in [5.41, 5.74) is 1.45. The molecule has 0 saturated carbocycles. The summed E-state index contributed by atoms with van der Waals surface area (Å²) in [5.74, 6) is 0.802. The van der Waals surface area contributed by atoms with Crippen molar-refractivity contribution >= 4 is 17.5 Å². The molecule has 1 fully saturated rings.